The first-order valence-corrected chi connectivity index (χ1v) is 10.4. The van der Waals surface area contributed by atoms with Crippen LogP contribution in [0.5, 0.6) is 0 Å². The van der Waals surface area contributed by atoms with E-state index in [4.69, 9.17) is 4.74 Å². The highest BCUT2D eigenvalue weighted by Crippen LogP contribution is 2.24. The van der Waals surface area contributed by atoms with Gasteiger partial charge in [0.05, 0.1) is 24.6 Å². The lowest BCUT2D eigenvalue weighted by Gasteiger charge is -2.35. The van der Waals surface area contributed by atoms with Crippen LogP contribution in [0.25, 0.3) is 0 Å². The summed E-state index contributed by atoms with van der Waals surface area (Å²) in [6, 6.07) is 19.5. The third kappa shape index (κ3) is 5.45. The second kappa shape index (κ2) is 10.2. The highest BCUT2D eigenvalue weighted by molar-refractivity contribution is 5.82. The van der Waals surface area contributed by atoms with Gasteiger partial charge in [0.1, 0.15) is 0 Å². The minimum absolute atomic E-state index is 0.0350. The molecule has 1 aliphatic heterocycles. The molecule has 3 rings (SSSR count). The molecule has 1 N–H and O–H groups in total. The van der Waals surface area contributed by atoms with Crippen LogP contribution in [0.1, 0.15) is 43.9 Å². The average molecular weight is 395 g/mol. The number of piperidine rings is 1. The van der Waals surface area contributed by atoms with Gasteiger partial charge in [-0.2, -0.15) is 0 Å². The Morgan fingerprint density at radius 3 is 2.21 bits per heavy atom. The molecule has 154 valence electrons. The predicted molar refractivity (Wildman–Crippen MR) is 113 cm³/mol. The topological polar surface area (TPSA) is 58.6 Å². The minimum Gasteiger partial charge on any atom is -0.466 e. The number of carbonyl (C=O) groups excluding carboxylic acids is 2. The molecule has 2 aromatic rings. The Kier molecular flexibility index (Phi) is 7.42. The summed E-state index contributed by atoms with van der Waals surface area (Å²) in [4.78, 5) is 27.4. The third-order valence-electron chi connectivity index (χ3n) is 5.55. The molecule has 1 amide bonds. The summed E-state index contributed by atoms with van der Waals surface area (Å²) in [7, 11) is 0. The van der Waals surface area contributed by atoms with E-state index in [0.717, 1.165) is 30.5 Å². The highest BCUT2D eigenvalue weighted by atomic mass is 16.5. The Balaban J connectivity index is 1.71. The second-order valence-electron chi connectivity index (χ2n) is 7.53. The summed E-state index contributed by atoms with van der Waals surface area (Å²) >= 11 is 0. The van der Waals surface area contributed by atoms with Crippen LogP contribution in [0.2, 0.25) is 0 Å². The molecule has 5 nitrogen and oxygen atoms in total. The lowest BCUT2D eigenvalue weighted by molar-refractivity contribution is -0.151. The van der Waals surface area contributed by atoms with E-state index >= 15 is 0 Å². The van der Waals surface area contributed by atoms with Gasteiger partial charge in [-0.3, -0.25) is 14.5 Å². The number of ether oxygens (including phenoxy) is 1. The molecule has 0 unspecified atom stereocenters. The van der Waals surface area contributed by atoms with Crippen molar-refractivity contribution in [1.82, 2.24) is 10.2 Å². The molecule has 0 aliphatic carbocycles. The first kappa shape index (κ1) is 21.1. The van der Waals surface area contributed by atoms with Crippen molar-refractivity contribution < 1.29 is 14.3 Å². The number of amides is 1. The zero-order valence-electron chi connectivity index (χ0n) is 17.2. The van der Waals surface area contributed by atoms with Crippen molar-refractivity contribution in [2.24, 2.45) is 5.92 Å². The van der Waals surface area contributed by atoms with E-state index in [1.54, 1.807) is 0 Å². The van der Waals surface area contributed by atoms with Crippen molar-refractivity contribution in [1.29, 1.82) is 0 Å². The molecule has 29 heavy (non-hydrogen) atoms. The molecule has 1 heterocycles. The minimum atomic E-state index is -0.317. The van der Waals surface area contributed by atoms with Gasteiger partial charge < -0.3 is 10.1 Å². The Morgan fingerprint density at radius 1 is 1.07 bits per heavy atom. The molecule has 1 saturated heterocycles. The van der Waals surface area contributed by atoms with Gasteiger partial charge in [-0.15, -0.1) is 0 Å². The van der Waals surface area contributed by atoms with Crippen molar-refractivity contribution >= 4 is 11.9 Å². The quantitative estimate of drug-likeness (QED) is 0.730. The molecule has 1 aliphatic rings. The lowest BCUT2D eigenvalue weighted by Crippen LogP contribution is -2.51. The van der Waals surface area contributed by atoms with Gasteiger partial charge in [0.2, 0.25) is 5.91 Å². The van der Waals surface area contributed by atoms with Gasteiger partial charge in [0.25, 0.3) is 0 Å². The molecule has 1 fully saturated rings. The zero-order chi connectivity index (χ0) is 20.6. The Hall–Kier alpha value is -2.66. The molecule has 0 radical (unpaired) electrons. The summed E-state index contributed by atoms with van der Waals surface area (Å²) in [6.45, 7) is 5.50. The number of benzene rings is 2. The summed E-state index contributed by atoms with van der Waals surface area (Å²) < 4.78 is 5.18. The van der Waals surface area contributed by atoms with Crippen molar-refractivity contribution in [2.75, 3.05) is 19.7 Å². The van der Waals surface area contributed by atoms with Crippen LogP contribution in [0.4, 0.5) is 0 Å². The van der Waals surface area contributed by atoms with Gasteiger partial charge in [0.15, 0.2) is 0 Å². The smallest absolute Gasteiger partial charge is 0.310 e. The molecular weight excluding hydrogens is 364 g/mol. The second-order valence-corrected chi connectivity index (χ2v) is 7.53. The van der Waals surface area contributed by atoms with E-state index in [1.165, 1.54) is 0 Å². The van der Waals surface area contributed by atoms with Crippen molar-refractivity contribution in [3.63, 3.8) is 0 Å². The maximum atomic E-state index is 13.1. The fraction of sp³-hybridized carbons (Fsp3) is 0.417. The van der Waals surface area contributed by atoms with Gasteiger partial charge in [-0.1, -0.05) is 60.7 Å². The van der Waals surface area contributed by atoms with Gasteiger partial charge in [-0.05, 0) is 44.4 Å². The van der Waals surface area contributed by atoms with Gasteiger partial charge in [-0.25, -0.2) is 0 Å². The first-order chi connectivity index (χ1) is 14.1. The van der Waals surface area contributed by atoms with Crippen LogP contribution in [0, 0.1) is 5.92 Å². The van der Waals surface area contributed by atoms with E-state index < -0.39 is 0 Å². The molecule has 5 heteroatoms. The fourth-order valence-corrected chi connectivity index (χ4v) is 3.89. The van der Waals surface area contributed by atoms with Gasteiger partial charge in [0, 0.05) is 6.54 Å². The Morgan fingerprint density at radius 2 is 1.66 bits per heavy atom. The standard InChI is InChI=1S/C24H30N2O3/c1-3-29-24(28)21-15-10-16-26(17-21)18(2)23(27)25-22(19-11-6-4-7-12-19)20-13-8-5-9-14-20/h4-9,11-14,18,21-22H,3,10,15-17H2,1-2H3,(H,25,27)/t18-,21-/m1/s1. The zero-order valence-corrected chi connectivity index (χ0v) is 17.2. The molecular formula is C24H30N2O3. The number of esters is 1. The molecule has 2 aromatic carbocycles. The van der Waals surface area contributed by atoms with Crippen LogP contribution < -0.4 is 5.32 Å². The van der Waals surface area contributed by atoms with E-state index in [9.17, 15) is 9.59 Å². The highest BCUT2D eigenvalue weighted by Gasteiger charge is 2.32. The molecule has 0 bridgehead atoms. The predicted octanol–water partition coefficient (Wildman–Crippen LogP) is 3.56. The molecule has 0 aromatic heterocycles. The van der Waals surface area contributed by atoms with E-state index in [0.29, 0.717) is 13.2 Å². The fourth-order valence-electron chi connectivity index (χ4n) is 3.89. The number of nitrogens with one attached hydrogen (secondary N) is 1. The largest absolute Gasteiger partial charge is 0.466 e. The van der Waals surface area contributed by atoms with Crippen LogP contribution in [0.15, 0.2) is 60.7 Å². The van der Waals surface area contributed by atoms with Crippen LogP contribution in [-0.2, 0) is 14.3 Å². The number of hydrogen-bond donors (Lipinski definition) is 1. The summed E-state index contributed by atoms with van der Waals surface area (Å²) in [5, 5.41) is 3.22. The van der Waals surface area contributed by atoms with Crippen molar-refractivity contribution in [2.45, 2.75) is 38.8 Å². The summed E-state index contributed by atoms with van der Waals surface area (Å²) in [5.74, 6) is -0.346. The number of hydrogen-bond acceptors (Lipinski definition) is 4. The number of rotatable bonds is 7. The third-order valence-corrected chi connectivity index (χ3v) is 5.55. The van der Waals surface area contributed by atoms with Crippen molar-refractivity contribution in [3.05, 3.63) is 71.8 Å². The molecule has 0 spiro atoms. The van der Waals surface area contributed by atoms with Crippen LogP contribution in [-0.4, -0.2) is 42.5 Å². The van der Waals surface area contributed by atoms with Crippen molar-refractivity contribution in [3.8, 4) is 0 Å². The normalized spacial score (nSPS) is 18.2. The monoisotopic (exact) mass is 394 g/mol. The van der Waals surface area contributed by atoms with Crippen LogP contribution >= 0.6 is 0 Å². The van der Waals surface area contributed by atoms with E-state index in [2.05, 4.69) is 10.2 Å². The average Bonchev–Trinajstić information content (AvgIpc) is 2.78. The Bertz CT molecular complexity index is 755. The summed E-state index contributed by atoms with van der Waals surface area (Å²) in [5.41, 5.74) is 2.09. The number of carbonyl (C=O) groups is 2. The number of nitrogens with zero attached hydrogens (tertiary/aromatic N) is 1. The molecule has 0 saturated carbocycles. The summed E-state index contributed by atoms with van der Waals surface area (Å²) in [6.07, 6.45) is 1.71. The maximum absolute atomic E-state index is 13.1. The number of likely N-dealkylation sites (tertiary alicyclic amines) is 1. The molecule has 2 atom stereocenters. The SMILES string of the molecule is CCOC(=O)[C@@H]1CCCN([C@H](C)C(=O)NC(c2ccccc2)c2ccccc2)C1. The Labute approximate surface area is 173 Å². The van der Waals surface area contributed by atoms with Crippen LogP contribution in [0.3, 0.4) is 0 Å². The lowest BCUT2D eigenvalue weighted by atomic mass is 9.96. The van der Waals surface area contributed by atoms with E-state index in [-0.39, 0.29) is 29.9 Å². The van der Waals surface area contributed by atoms with E-state index in [1.807, 2.05) is 74.5 Å². The van der Waals surface area contributed by atoms with Gasteiger partial charge >= 0.3 is 5.97 Å². The first-order valence-electron chi connectivity index (χ1n) is 10.4. The maximum Gasteiger partial charge on any atom is 0.310 e.